The number of carbonyl (C=O) groups is 3. The average molecular weight is 318 g/mol. The minimum absolute atomic E-state index is 0.226. The van der Waals surface area contributed by atoms with Gasteiger partial charge >= 0.3 is 5.97 Å². The molecule has 0 radical (unpaired) electrons. The molecule has 0 aliphatic heterocycles. The van der Waals surface area contributed by atoms with Crippen molar-refractivity contribution in [3.8, 4) is 5.75 Å². The van der Waals surface area contributed by atoms with Gasteiger partial charge in [-0.2, -0.15) is 0 Å². The summed E-state index contributed by atoms with van der Waals surface area (Å²) in [5.41, 5.74) is 0.646. The molecule has 114 valence electrons. The molecule has 0 N–H and O–H groups in total. The van der Waals surface area contributed by atoms with Crippen molar-refractivity contribution in [1.29, 1.82) is 0 Å². The normalized spacial score (nSPS) is 10.1. The third-order valence-electron chi connectivity index (χ3n) is 3.06. The van der Waals surface area contributed by atoms with E-state index in [0.29, 0.717) is 11.3 Å². The van der Waals surface area contributed by atoms with Crippen LogP contribution >= 0.6 is 11.3 Å². The van der Waals surface area contributed by atoms with Crippen LogP contribution in [0.2, 0.25) is 0 Å². The molecule has 0 amide bonds. The number of hydrogen-bond donors (Lipinski definition) is 0. The molecule has 1 aromatic carbocycles. The number of esters is 1. The summed E-state index contributed by atoms with van der Waals surface area (Å²) < 4.78 is 9.68. The maximum absolute atomic E-state index is 12.6. The molecule has 0 saturated carbocycles. The third kappa shape index (κ3) is 3.07. The van der Waals surface area contributed by atoms with Gasteiger partial charge in [-0.15, -0.1) is 11.3 Å². The highest BCUT2D eigenvalue weighted by Gasteiger charge is 2.23. The number of carbonyl (C=O) groups excluding carboxylic acids is 3. The molecule has 1 heterocycles. The van der Waals surface area contributed by atoms with Crippen molar-refractivity contribution in [2.24, 2.45) is 0 Å². The highest BCUT2D eigenvalue weighted by molar-refractivity contribution is 7.16. The average Bonchev–Trinajstić information content (AvgIpc) is 2.99. The summed E-state index contributed by atoms with van der Waals surface area (Å²) in [6, 6.07) is 7.95. The second-order valence-electron chi connectivity index (χ2n) is 4.46. The molecule has 0 fully saturated rings. The second-order valence-corrected chi connectivity index (χ2v) is 5.51. The van der Waals surface area contributed by atoms with Crippen LogP contribution in [0.1, 0.15) is 42.2 Å². The zero-order chi connectivity index (χ0) is 16.3. The topological polar surface area (TPSA) is 69.7 Å². The highest BCUT2D eigenvalue weighted by Crippen LogP contribution is 2.27. The van der Waals surface area contributed by atoms with Gasteiger partial charge in [0.1, 0.15) is 10.6 Å². The largest absolute Gasteiger partial charge is 0.497 e. The van der Waals surface area contributed by atoms with Gasteiger partial charge in [-0.3, -0.25) is 9.59 Å². The zero-order valence-electron chi connectivity index (χ0n) is 12.3. The molecule has 2 rings (SSSR count). The quantitative estimate of drug-likeness (QED) is 0.626. The fourth-order valence-corrected chi connectivity index (χ4v) is 2.98. The molecule has 6 heteroatoms. The molecule has 0 atom stereocenters. The lowest BCUT2D eigenvalue weighted by Crippen LogP contribution is -2.04. The zero-order valence-corrected chi connectivity index (χ0v) is 13.2. The van der Waals surface area contributed by atoms with Crippen LogP contribution in [-0.2, 0) is 4.74 Å². The van der Waals surface area contributed by atoms with Gasteiger partial charge in [-0.05, 0) is 37.3 Å². The van der Waals surface area contributed by atoms with Crippen LogP contribution < -0.4 is 4.74 Å². The van der Waals surface area contributed by atoms with Gasteiger partial charge in [0.2, 0.25) is 5.78 Å². The lowest BCUT2D eigenvalue weighted by Gasteiger charge is -2.03. The second kappa shape index (κ2) is 6.53. The van der Waals surface area contributed by atoms with Gasteiger partial charge in [-0.1, -0.05) is 0 Å². The van der Waals surface area contributed by atoms with Gasteiger partial charge in [0.15, 0.2) is 5.78 Å². The van der Waals surface area contributed by atoms with E-state index in [4.69, 9.17) is 4.74 Å². The Morgan fingerprint density at radius 1 is 1.05 bits per heavy atom. The first kappa shape index (κ1) is 15.9. The van der Waals surface area contributed by atoms with Crippen molar-refractivity contribution in [2.75, 3.05) is 14.2 Å². The number of ketones is 2. The lowest BCUT2D eigenvalue weighted by atomic mass is 10.0. The fraction of sp³-hybridized carbons (Fsp3) is 0.188. The lowest BCUT2D eigenvalue weighted by molar-refractivity contribution is 0.0606. The summed E-state index contributed by atoms with van der Waals surface area (Å²) in [7, 11) is 2.78. The number of methoxy groups -OCH3 is 2. The van der Waals surface area contributed by atoms with Crippen LogP contribution in [0, 0.1) is 0 Å². The molecular formula is C16H14O5S. The Morgan fingerprint density at radius 2 is 1.68 bits per heavy atom. The van der Waals surface area contributed by atoms with Crippen LogP contribution in [-0.4, -0.2) is 31.8 Å². The molecule has 2 aromatic rings. The van der Waals surface area contributed by atoms with Crippen LogP contribution in [0.25, 0.3) is 0 Å². The van der Waals surface area contributed by atoms with Gasteiger partial charge in [0, 0.05) is 11.1 Å². The Morgan fingerprint density at radius 3 is 2.18 bits per heavy atom. The molecular weight excluding hydrogens is 304 g/mol. The van der Waals surface area contributed by atoms with E-state index in [9.17, 15) is 14.4 Å². The number of Topliss-reactive ketones (excluding diaryl/α,β-unsaturated/α-hetero) is 1. The number of thiophene rings is 1. The molecule has 0 saturated heterocycles. The van der Waals surface area contributed by atoms with Crippen molar-refractivity contribution in [3.05, 3.63) is 51.2 Å². The van der Waals surface area contributed by atoms with Crippen LogP contribution in [0.3, 0.4) is 0 Å². The van der Waals surface area contributed by atoms with Gasteiger partial charge in [-0.25, -0.2) is 4.79 Å². The number of rotatable bonds is 5. The van der Waals surface area contributed by atoms with E-state index in [2.05, 4.69) is 4.74 Å². The minimum atomic E-state index is -0.568. The Kier molecular flexibility index (Phi) is 4.72. The number of benzene rings is 1. The van der Waals surface area contributed by atoms with Crippen LogP contribution in [0.15, 0.2) is 30.3 Å². The Balaban J connectivity index is 2.45. The molecule has 5 nitrogen and oxygen atoms in total. The molecule has 0 bridgehead atoms. The van der Waals surface area contributed by atoms with Gasteiger partial charge in [0.25, 0.3) is 0 Å². The number of hydrogen-bond acceptors (Lipinski definition) is 6. The molecule has 0 spiro atoms. The Labute approximate surface area is 131 Å². The van der Waals surface area contributed by atoms with E-state index < -0.39 is 5.97 Å². The summed E-state index contributed by atoms with van der Waals surface area (Å²) in [5.74, 6) is -0.526. The standard InChI is InChI=1S/C16H14O5S/c1-9(17)12-8-13(16(19)21-3)22-15(12)14(18)10-4-6-11(20-2)7-5-10/h4-8H,1-3H3. The molecule has 1 aromatic heterocycles. The van der Waals surface area contributed by atoms with E-state index in [1.807, 2.05) is 0 Å². The van der Waals surface area contributed by atoms with Crippen LogP contribution in [0.4, 0.5) is 0 Å². The van der Waals surface area contributed by atoms with Gasteiger partial charge in [0.05, 0.1) is 19.1 Å². The predicted molar refractivity (Wildman–Crippen MR) is 82.1 cm³/mol. The van der Waals surface area contributed by atoms with Gasteiger partial charge < -0.3 is 9.47 Å². The fourth-order valence-electron chi connectivity index (χ4n) is 1.90. The van der Waals surface area contributed by atoms with Crippen molar-refractivity contribution < 1.29 is 23.9 Å². The first-order valence-corrected chi connectivity index (χ1v) is 7.21. The van der Waals surface area contributed by atoms with Crippen molar-refractivity contribution in [2.45, 2.75) is 6.92 Å². The third-order valence-corrected chi connectivity index (χ3v) is 4.17. The highest BCUT2D eigenvalue weighted by atomic mass is 32.1. The van der Waals surface area contributed by atoms with E-state index in [1.165, 1.54) is 27.2 Å². The maximum atomic E-state index is 12.6. The minimum Gasteiger partial charge on any atom is -0.497 e. The Bertz CT molecular complexity index is 727. The molecule has 0 aliphatic rings. The number of ether oxygens (including phenoxy) is 2. The summed E-state index contributed by atoms with van der Waals surface area (Å²) in [6.07, 6.45) is 0. The first-order valence-electron chi connectivity index (χ1n) is 6.39. The molecule has 0 aliphatic carbocycles. The van der Waals surface area contributed by atoms with Crippen molar-refractivity contribution in [3.63, 3.8) is 0 Å². The summed E-state index contributed by atoms with van der Waals surface area (Å²) in [5, 5.41) is 0. The van der Waals surface area contributed by atoms with Crippen molar-refractivity contribution in [1.82, 2.24) is 0 Å². The maximum Gasteiger partial charge on any atom is 0.348 e. The molecule has 22 heavy (non-hydrogen) atoms. The molecule has 0 unspecified atom stereocenters. The van der Waals surface area contributed by atoms with E-state index in [0.717, 1.165) is 11.3 Å². The van der Waals surface area contributed by atoms with Crippen LogP contribution in [0.5, 0.6) is 5.75 Å². The first-order chi connectivity index (χ1) is 10.5. The van der Waals surface area contributed by atoms with E-state index in [1.54, 1.807) is 24.3 Å². The summed E-state index contributed by atoms with van der Waals surface area (Å²) >= 11 is 0.957. The monoisotopic (exact) mass is 318 g/mol. The summed E-state index contributed by atoms with van der Waals surface area (Å²) in [4.78, 5) is 36.3. The smallest absolute Gasteiger partial charge is 0.348 e. The summed E-state index contributed by atoms with van der Waals surface area (Å²) in [6.45, 7) is 1.36. The van der Waals surface area contributed by atoms with E-state index >= 15 is 0 Å². The Hall–Kier alpha value is -2.47. The predicted octanol–water partition coefficient (Wildman–Crippen LogP) is 2.98. The SMILES string of the molecule is COC(=O)c1cc(C(C)=O)c(C(=O)c2ccc(OC)cc2)s1. The van der Waals surface area contributed by atoms with Crippen molar-refractivity contribution >= 4 is 28.9 Å². The van der Waals surface area contributed by atoms with E-state index in [-0.39, 0.29) is 26.9 Å².